The Morgan fingerprint density at radius 1 is 1.31 bits per heavy atom. The molecule has 2 atom stereocenters. The average molecular weight is 455 g/mol. The van der Waals surface area contributed by atoms with Crippen molar-refractivity contribution in [1.82, 2.24) is 24.6 Å². The van der Waals surface area contributed by atoms with Crippen LogP contribution >= 0.6 is 0 Å². The van der Waals surface area contributed by atoms with Crippen LogP contribution in [0.4, 0.5) is 13.2 Å². The van der Waals surface area contributed by atoms with Gasteiger partial charge in [-0.05, 0) is 31.2 Å². The van der Waals surface area contributed by atoms with E-state index in [1.54, 1.807) is 36.0 Å². The number of nitrogens with zero attached hydrogens (tertiary/aromatic N) is 3. The minimum Gasteiger partial charge on any atom is -0.475 e. The van der Waals surface area contributed by atoms with Crippen molar-refractivity contribution < 1.29 is 33.0 Å². The summed E-state index contributed by atoms with van der Waals surface area (Å²) < 4.78 is 34.8. The van der Waals surface area contributed by atoms with Crippen molar-refractivity contribution in [2.24, 2.45) is 7.05 Å². The zero-order valence-electron chi connectivity index (χ0n) is 16.8. The maximum absolute atomic E-state index is 12.7. The summed E-state index contributed by atoms with van der Waals surface area (Å²) in [4.78, 5) is 38.7. The zero-order valence-corrected chi connectivity index (χ0v) is 16.8. The molecule has 1 aliphatic heterocycles. The number of aryl methyl sites for hydroxylation is 1. The number of aromatic nitrogens is 3. The summed E-state index contributed by atoms with van der Waals surface area (Å²) in [7, 11) is 1.71. The van der Waals surface area contributed by atoms with E-state index in [1.807, 2.05) is 6.07 Å². The fraction of sp³-hybridized carbons (Fsp3) is 0.368. The molecule has 0 aliphatic carbocycles. The van der Waals surface area contributed by atoms with E-state index in [1.165, 1.54) is 4.40 Å². The molecule has 0 aromatic carbocycles. The Morgan fingerprint density at radius 3 is 2.62 bits per heavy atom. The van der Waals surface area contributed by atoms with Crippen LogP contribution in [0.5, 0.6) is 0 Å². The van der Waals surface area contributed by atoms with Gasteiger partial charge in [0.25, 0.3) is 11.5 Å². The number of piperidine rings is 1. The first kappa shape index (κ1) is 23.2. The first-order valence-electron chi connectivity index (χ1n) is 9.47. The summed E-state index contributed by atoms with van der Waals surface area (Å²) in [5, 5.41) is 23.4. The van der Waals surface area contributed by atoms with Crippen LogP contribution in [0.25, 0.3) is 16.7 Å². The first-order chi connectivity index (χ1) is 15.0. The van der Waals surface area contributed by atoms with Crippen LogP contribution in [-0.4, -0.2) is 67.5 Å². The highest BCUT2D eigenvalue weighted by atomic mass is 19.4. The molecule has 1 saturated heterocycles. The number of rotatable bonds is 2. The van der Waals surface area contributed by atoms with E-state index in [4.69, 9.17) is 9.90 Å². The van der Waals surface area contributed by atoms with Crippen molar-refractivity contribution in [2.45, 2.75) is 24.7 Å². The second kappa shape index (κ2) is 8.96. The molecule has 13 heteroatoms. The molecule has 1 amide bonds. The summed E-state index contributed by atoms with van der Waals surface area (Å²) in [6.07, 6.45) is -3.40. The number of amides is 1. The molecule has 0 radical (unpaired) electrons. The number of carbonyl (C=O) groups is 2. The van der Waals surface area contributed by atoms with E-state index in [-0.39, 0.29) is 17.5 Å². The van der Waals surface area contributed by atoms with Gasteiger partial charge in [0.05, 0.1) is 17.5 Å². The molecule has 0 saturated carbocycles. The molecule has 4 rings (SSSR count). The van der Waals surface area contributed by atoms with Crippen LogP contribution in [0.3, 0.4) is 0 Å². The predicted octanol–water partition coefficient (Wildman–Crippen LogP) is 0.272. The lowest BCUT2D eigenvalue weighted by atomic mass is 10.0. The SMILES string of the molecule is Cn1c(C(=O)NC2CCNCC2O)cc2c(=O)n3ccccc3nc21.O=C(O)C(F)(F)F. The number of hydrogen-bond acceptors (Lipinski definition) is 6. The summed E-state index contributed by atoms with van der Waals surface area (Å²) in [5.74, 6) is -3.08. The molecule has 0 spiro atoms. The van der Waals surface area contributed by atoms with Gasteiger partial charge in [-0.3, -0.25) is 14.0 Å². The minimum absolute atomic E-state index is 0.211. The summed E-state index contributed by atoms with van der Waals surface area (Å²) in [6, 6.07) is 6.57. The number of alkyl halides is 3. The Bertz CT molecular complexity index is 1220. The normalized spacial score (nSPS) is 18.8. The Morgan fingerprint density at radius 2 is 2.00 bits per heavy atom. The Balaban J connectivity index is 0.000000360. The van der Waals surface area contributed by atoms with Gasteiger partial charge in [0, 0.05) is 19.8 Å². The highest BCUT2D eigenvalue weighted by Gasteiger charge is 2.38. The number of carboxylic acids is 1. The van der Waals surface area contributed by atoms with Crippen molar-refractivity contribution in [3.63, 3.8) is 0 Å². The van der Waals surface area contributed by atoms with Crippen molar-refractivity contribution >= 4 is 28.6 Å². The van der Waals surface area contributed by atoms with Gasteiger partial charge in [-0.2, -0.15) is 13.2 Å². The Labute approximate surface area is 178 Å². The molecule has 1 fully saturated rings. The topological polar surface area (TPSA) is 138 Å². The van der Waals surface area contributed by atoms with E-state index in [0.29, 0.717) is 35.3 Å². The van der Waals surface area contributed by atoms with Gasteiger partial charge in [-0.15, -0.1) is 0 Å². The second-order valence-corrected chi connectivity index (χ2v) is 7.11. The molecule has 0 bridgehead atoms. The maximum Gasteiger partial charge on any atom is 0.490 e. The first-order valence-corrected chi connectivity index (χ1v) is 9.47. The van der Waals surface area contributed by atoms with Crippen LogP contribution in [-0.2, 0) is 11.8 Å². The van der Waals surface area contributed by atoms with Gasteiger partial charge in [0.1, 0.15) is 17.0 Å². The standard InChI is InChI=1S/C17H19N5O3.C2HF3O2/c1-21-12(16(24)19-11-5-6-18-9-13(11)23)8-10-15(21)20-14-4-2-3-7-22(14)17(10)25;3-2(4,5)1(6)7/h2-4,7-8,11,13,18,23H,5-6,9H2,1H3,(H,19,24);(H,6,7). The molecule has 10 nitrogen and oxygen atoms in total. The number of carboxylic acid groups (broad SMARTS) is 1. The van der Waals surface area contributed by atoms with Crippen LogP contribution < -0.4 is 16.2 Å². The van der Waals surface area contributed by atoms with Crippen molar-refractivity contribution in [2.75, 3.05) is 13.1 Å². The summed E-state index contributed by atoms with van der Waals surface area (Å²) in [6.45, 7) is 1.19. The molecular formula is C19H20F3N5O5. The number of aliphatic hydroxyl groups is 1. The highest BCUT2D eigenvalue weighted by Crippen LogP contribution is 2.16. The maximum atomic E-state index is 12.7. The molecule has 4 N–H and O–H groups in total. The lowest BCUT2D eigenvalue weighted by molar-refractivity contribution is -0.192. The monoisotopic (exact) mass is 455 g/mol. The summed E-state index contributed by atoms with van der Waals surface area (Å²) >= 11 is 0. The van der Waals surface area contributed by atoms with Crippen molar-refractivity contribution in [1.29, 1.82) is 0 Å². The minimum atomic E-state index is -5.08. The number of aliphatic hydroxyl groups excluding tert-OH is 1. The molecule has 1 aliphatic rings. The average Bonchev–Trinajstić information content (AvgIpc) is 3.07. The number of carbonyl (C=O) groups excluding carboxylic acids is 1. The Kier molecular flexibility index (Phi) is 6.50. The molecule has 3 aromatic heterocycles. The Hall–Kier alpha value is -3.45. The van der Waals surface area contributed by atoms with Gasteiger partial charge in [0.15, 0.2) is 0 Å². The fourth-order valence-corrected chi connectivity index (χ4v) is 3.29. The molecule has 3 aromatic rings. The van der Waals surface area contributed by atoms with Gasteiger partial charge in [-0.25, -0.2) is 9.78 Å². The van der Waals surface area contributed by atoms with Gasteiger partial charge in [0.2, 0.25) is 0 Å². The smallest absolute Gasteiger partial charge is 0.475 e. The largest absolute Gasteiger partial charge is 0.490 e. The van der Waals surface area contributed by atoms with Gasteiger partial charge >= 0.3 is 12.1 Å². The van der Waals surface area contributed by atoms with Crippen LogP contribution in [0.15, 0.2) is 35.3 Å². The lowest BCUT2D eigenvalue weighted by Crippen LogP contribution is -2.52. The number of fused-ring (bicyclic) bond motifs is 2. The molecule has 32 heavy (non-hydrogen) atoms. The number of hydrogen-bond donors (Lipinski definition) is 4. The van der Waals surface area contributed by atoms with Crippen molar-refractivity contribution in [3.8, 4) is 0 Å². The number of β-amino-alcohol motifs (C(OH)–C–C–N with tert-alkyl or cyclic N) is 1. The third-order valence-electron chi connectivity index (χ3n) is 4.95. The van der Waals surface area contributed by atoms with Crippen molar-refractivity contribution in [3.05, 3.63) is 46.5 Å². The number of pyridine rings is 1. The number of aliphatic carboxylic acids is 1. The van der Waals surface area contributed by atoms with Crippen LogP contribution in [0, 0.1) is 0 Å². The second-order valence-electron chi connectivity index (χ2n) is 7.11. The van der Waals surface area contributed by atoms with E-state index >= 15 is 0 Å². The molecular weight excluding hydrogens is 435 g/mol. The quantitative estimate of drug-likeness (QED) is 0.435. The zero-order chi connectivity index (χ0) is 23.6. The lowest BCUT2D eigenvalue weighted by Gasteiger charge is -2.29. The third-order valence-corrected chi connectivity index (χ3v) is 4.95. The molecule has 4 heterocycles. The van der Waals surface area contributed by atoms with Crippen LogP contribution in [0.2, 0.25) is 0 Å². The predicted molar refractivity (Wildman–Crippen MR) is 106 cm³/mol. The molecule has 172 valence electrons. The number of halogens is 3. The van der Waals surface area contributed by atoms with E-state index in [0.717, 1.165) is 6.54 Å². The van der Waals surface area contributed by atoms with Gasteiger partial charge < -0.3 is 25.4 Å². The molecule has 2 unspecified atom stereocenters. The van der Waals surface area contributed by atoms with E-state index < -0.39 is 18.2 Å². The number of nitrogens with one attached hydrogen (secondary N) is 2. The van der Waals surface area contributed by atoms with Gasteiger partial charge in [-0.1, -0.05) is 6.07 Å². The van der Waals surface area contributed by atoms with E-state index in [2.05, 4.69) is 15.6 Å². The summed E-state index contributed by atoms with van der Waals surface area (Å²) in [5.41, 5.74) is 1.13. The van der Waals surface area contributed by atoms with Crippen LogP contribution in [0.1, 0.15) is 16.9 Å². The fourth-order valence-electron chi connectivity index (χ4n) is 3.29. The highest BCUT2D eigenvalue weighted by molar-refractivity contribution is 5.98. The third kappa shape index (κ3) is 4.73. The van der Waals surface area contributed by atoms with E-state index in [9.17, 15) is 27.9 Å².